The van der Waals surface area contributed by atoms with Crippen molar-refractivity contribution in [1.82, 2.24) is 9.88 Å². The quantitative estimate of drug-likeness (QED) is 0.623. The number of piperidine rings is 1. The summed E-state index contributed by atoms with van der Waals surface area (Å²) in [5, 5.41) is 0.910. The normalized spacial score (nSPS) is 15.4. The van der Waals surface area contributed by atoms with Gasteiger partial charge in [-0.15, -0.1) is 11.3 Å². The highest BCUT2D eigenvalue weighted by Gasteiger charge is 2.14. The van der Waals surface area contributed by atoms with Crippen molar-refractivity contribution < 1.29 is 4.79 Å². The van der Waals surface area contributed by atoms with Crippen molar-refractivity contribution in [3.63, 3.8) is 0 Å². The maximum absolute atomic E-state index is 12.4. The molecule has 2 heterocycles. The lowest BCUT2D eigenvalue weighted by molar-refractivity contribution is 0.104. The third-order valence-electron chi connectivity index (χ3n) is 3.87. The van der Waals surface area contributed by atoms with Crippen LogP contribution in [-0.2, 0) is 0 Å². The number of thiazole rings is 1. The SMILES string of the molecule is Cc1nc(-c2ccccc2)sc1C(=O)C=CN1CCCCC1. The molecule has 1 fully saturated rings. The Hall–Kier alpha value is -1.94. The van der Waals surface area contributed by atoms with Gasteiger partial charge in [0.05, 0.1) is 10.6 Å². The van der Waals surface area contributed by atoms with E-state index in [1.807, 2.05) is 43.5 Å². The maximum Gasteiger partial charge on any atom is 0.199 e. The molecule has 0 spiro atoms. The van der Waals surface area contributed by atoms with Crippen molar-refractivity contribution >= 4 is 17.1 Å². The van der Waals surface area contributed by atoms with Gasteiger partial charge in [0.1, 0.15) is 5.01 Å². The summed E-state index contributed by atoms with van der Waals surface area (Å²) >= 11 is 1.48. The molecule has 1 saturated heterocycles. The Morgan fingerprint density at radius 2 is 1.91 bits per heavy atom. The van der Waals surface area contributed by atoms with Gasteiger partial charge >= 0.3 is 0 Å². The summed E-state index contributed by atoms with van der Waals surface area (Å²) in [5.74, 6) is 0.0581. The highest BCUT2D eigenvalue weighted by Crippen LogP contribution is 2.28. The van der Waals surface area contributed by atoms with E-state index in [2.05, 4.69) is 9.88 Å². The van der Waals surface area contributed by atoms with Crippen LogP contribution in [0.25, 0.3) is 10.6 Å². The van der Waals surface area contributed by atoms with Crippen LogP contribution in [-0.4, -0.2) is 28.8 Å². The first-order chi connectivity index (χ1) is 10.7. The fourth-order valence-electron chi connectivity index (χ4n) is 2.65. The zero-order chi connectivity index (χ0) is 15.4. The Balaban J connectivity index is 1.75. The molecular weight excluding hydrogens is 292 g/mol. The molecule has 114 valence electrons. The van der Waals surface area contributed by atoms with E-state index in [1.54, 1.807) is 6.08 Å². The van der Waals surface area contributed by atoms with E-state index in [0.717, 1.165) is 34.2 Å². The van der Waals surface area contributed by atoms with Crippen LogP contribution >= 0.6 is 11.3 Å². The van der Waals surface area contributed by atoms with Gasteiger partial charge in [0.2, 0.25) is 0 Å². The number of allylic oxidation sites excluding steroid dienone is 1. The van der Waals surface area contributed by atoms with Gasteiger partial charge in [0.25, 0.3) is 0 Å². The average molecular weight is 312 g/mol. The number of hydrogen-bond acceptors (Lipinski definition) is 4. The van der Waals surface area contributed by atoms with Gasteiger partial charge in [-0.05, 0) is 26.2 Å². The number of likely N-dealkylation sites (tertiary alicyclic amines) is 1. The summed E-state index contributed by atoms with van der Waals surface area (Å²) in [6, 6.07) is 10.0. The van der Waals surface area contributed by atoms with Gasteiger partial charge in [0, 0.05) is 30.9 Å². The van der Waals surface area contributed by atoms with E-state index in [4.69, 9.17) is 0 Å². The van der Waals surface area contributed by atoms with E-state index in [9.17, 15) is 4.79 Å². The van der Waals surface area contributed by atoms with Crippen LogP contribution in [0.1, 0.15) is 34.6 Å². The molecule has 0 bridgehead atoms. The van der Waals surface area contributed by atoms with Gasteiger partial charge in [-0.25, -0.2) is 4.98 Å². The smallest absolute Gasteiger partial charge is 0.199 e. The number of carbonyl (C=O) groups excluding carboxylic acids is 1. The minimum Gasteiger partial charge on any atom is -0.377 e. The summed E-state index contributed by atoms with van der Waals surface area (Å²) in [6.07, 6.45) is 7.38. The number of ketones is 1. The summed E-state index contributed by atoms with van der Waals surface area (Å²) in [5.41, 5.74) is 1.88. The van der Waals surface area contributed by atoms with Crippen molar-refractivity contribution in [1.29, 1.82) is 0 Å². The first-order valence-electron chi connectivity index (χ1n) is 7.73. The second kappa shape index (κ2) is 6.88. The van der Waals surface area contributed by atoms with Crippen LogP contribution in [0.5, 0.6) is 0 Å². The minimum absolute atomic E-state index is 0.0581. The fourth-order valence-corrected chi connectivity index (χ4v) is 3.64. The number of rotatable bonds is 4. The molecule has 0 amide bonds. The van der Waals surface area contributed by atoms with Crippen LogP contribution in [0.15, 0.2) is 42.6 Å². The molecule has 0 saturated carbocycles. The van der Waals surface area contributed by atoms with E-state index in [-0.39, 0.29) is 5.78 Å². The molecule has 0 N–H and O–H groups in total. The Kier molecular flexibility index (Phi) is 4.68. The van der Waals surface area contributed by atoms with Gasteiger partial charge < -0.3 is 4.90 Å². The Bertz CT molecular complexity index is 670. The topological polar surface area (TPSA) is 33.2 Å². The lowest BCUT2D eigenvalue weighted by Crippen LogP contribution is -2.24. The van der Waals surface area contributed by atoms with E-state index in [1.165, 1.54) is 30.6 Å². The van der Waals surface area contributed by atoms with E-state index >= 15 is 0 Å². The molecule has 4 heteroatoms. The Labute approximate surface area is 135 Å². The van der Waals surface area contributed by atoms with Gasteiger partial charge in [-0.2, -0.15) is 0 Å². The lowest BCUT2D eigenvalue weighted by atomic mass is 10.1. The maximum atomic E-state index is 12.4. The summed E-state index contributed by atoms with van der Waals surface area (Å²) in [7, 11) is 0. The predicted molar refractivity (Wildman–Crippen MR) is 91.2 cm³/mol. The van der Waals surface area contributed by atoms with E-state index < -0.39 is 0 Å². The van der Waals surface area contributed by atoms with Crippen molar-refractivity contribution in [2.24, 2.45) is 0 Å². The van der Waals surface area contributed by atoms with Crippen molar-refractivity contribution in [3.05, 3.63) is 53.2 Å². The number of carbonyl (C=O) groups is 1. The monoisotopic (exact) mass is 312 g/mol. The molecule has 2 aromatic rings. The van der Waals surface area contributed by atoms with Crippen molar-refractivity contribution in [3.8, 4) is 10.6 Å². The first-order valence-corrected chi connectivity index (χ1v) is 8.55. The van der Waals surface area contributed by atoms with E-state index in [0.29, 0.717) is 0 Å². The van der Waals surface area contributed by atoms with Crippen LogP contribution in [0.3, 0.4) is 0 Å². The number of nitrogens with zero attached hydrogens (tertiary/aromatic N) is 2. The third kappa shape index (κ3) is 3.45. The molecule has 3 nitrogen and oxygen atoms in total. The molecule has 22 heavy (non-hydrogen) atoms. The molecule has 0 atom stereocenters. The zero-order valence-corrected chi connectivity index (χ0v) is 13.6. The number of hydrogen-bond donors (Lipinski definition) is 0. The summed E-state index contributed by atoms with van der Waals surface area (Å²) in [4.78, 5) is 19.9. The zero-order valence-electron chi connectivity index (χ0n) is 12.8. The van der Waals surface area contributed by atoms with Gasteiger partial charge in [-0.3, -0.25) is 4.79 Å². The summed E-state index contributed by atoms with van der Waals surface area (Å²) in [6.45, 7) is 4.02. The standard InChI is InChI=1S/C18H20N2OS/c1-14-17(16(21)10-13-20-11-6-3-7-12-20)22-18(19-14)15-8-4-2-5-9-15/h2,4-5,8-10,13H,3,6-7,11-12H2,1H3. The fraction of sp³-hybridized carbons (Fsp3) is 0.333. The first kappa shape index (κ1) is 15.0. The number of aromatic nitrogens is 1. The molecule has 1 aliphatic rings. The molecule has 0 unspecified atom stereocenters. The van der Waals surface area contributed by atoms with Gasteiger partial charge in [0.15, 0.2) is 5.78 Å². The lowest BCUT2D eigenvalue weighted by Gasteiger charge is -2.24. The second-order valence-corrected chi connectivity index (χ2v) is 6.58. The predicted octanol–water partition coefficient (Wildman–Crippen LogP) is 4.30. The van der Waals surface area contributed by atoms with Crippen LogP contribution in [0.2, 0.25) is 0 Å². The molecule has 3 rings (SSSR count). The van der Waals surface area contributed by atoms with Crippen LogP contribution in [0.4, 0.5) is 0 Å². The molecule has 1 aliphatic heterocycles. The molecule has 0 radical (unpaired) electrons. The van der Waals surface area contributed by atoms with Crippen molar-refractivity contribution in [2.75, 3.05) is 13.1 Å². The highest BCUT2D eigenvalue weighted by molar-refractivity contribution is 7.17. The largest absolute Gasteiger partial charge is 0.377 e. The average Bonchev–Trinajstić information content (AvgIpc) is 2.96. The Morgan fingerprint density at radius 3 is 2.64 bits per heavy atom. The molecule has 1 aromatic heterocycles. The summed E-state index contributed by atoms with van der Waals surface area (Å²) < 4.78 is 0. The van der Waals surface area contributed by atoms with Crippen molar-refractivity contribution in [2.45, 2.75) is 26.2 Å². The Morgan fingerprint density at radius 1 is 1.18 bits per heavy atom. The van der Waals surface area contributed by atoms with Crippen LogP contribution in [0, 0.1) is 6.92 Å². The molecule has 0 aliphatic carbocycles. The van der Waals surface area contributed by atoms with Crippen LogP contribution < -0.4 is 0 Å². The third-order valence-corrected chi connectivity index (χ3v) is 5.09. The number of aryl methyl sites for hydroxylation is 1. The second-order valence-electron chi connectivity index (χ2n) is 5.58. The number of benzene rings is 1. The van der Waals surface area contributed by atoms with Gasteiger partial charge in [-0.1, -0.05) is 30.3 Å². The molecular formula is C18H20N2OS. The molecule has 1 aromatic carbocycles. The highest BCUT2D eigenvalue weighted by atomic mass is 32.1. The minimum atomic E-state index is 0.0581.